The molecule has 0 fully saturated rings. The van der Waals surface area contributed by atoms with E-state index in [0.717, 1.165) is 15.4 Å². The molecule has 0 aliphatic heterocycles. The fourth-order valence-corrected chi connectivity index (χ4v) is 1.84. The van der Waals surface area contributed by atoms with Gasteiger partial charge >= 0.3 is 0 Å². The number of carbonyl (C=O) groups is 1. The Balaban J connectivity index is 2.83. The second-order valence-corrected chi connectivity index (χ2v) is 4.03. The Morgan fingerprint density at radius 2 is 2.20 bits per heavy atom. The van der Waals surface area contributed by atoms with Crippen LogP contribution >= 0.6 is 15.9 Å². The molecule has 0 aliphatic rings. The van der Waals surface area contributed by atoms with E-state index < -0.39 is 5.91 Å². The van der Waals surface area contributed by atoms with Crippen LogP contribution < -0.4 is 5.73 Å². The average molecular weight is 266 g/mol. The van der Waals surface area contributed by atoms with E-state index in [9.17, 15) is 4.79 Å². The van der Waals surface area contributed by atoms with E-state index in [0.29, 0.717) is 11.3 Å². The maximum atomic E-state index is 11.1. The quantitative estimate of drug-likeness (QED) is 0.855. The van der Waals surface area contributed by atoms with Gasteiger partial charge in [-0.15, -0.1) is 0 Å². The lowest BCUT2D eigenvalue weighted by Gasteiger charge is -2.04. The van der Waals surface area contributed by atoms with Gasteiger partial charge in [0.1, 0.15) is 0 Å². The Kier molecular flexibility index (Phi) is 2.40. The van der Waals surface area contributed by atoms with Gasteiger partial charge in [0, 0.05) is 16.1 Å². The molecule has 0 saturated carbocycles. The predicted octanol–water partition coefficient (Wildman–Crippen LogP) is 1.80. The zero-order valence-corrected chi connectivity index (χ0v) is 9.58. The molecule has 0 bridgehead atoms. The van der Waals surface area contributed by atoms with Crippen molar-refractivity contribution in [2.75, 3.05) is 0 Å². The molecular weight excluding hydrogens is 258 g/mol. The van der Waals surface area contributed by atoms with Gasteiger partial charge in [-0.3, -0.25) is 14.8 Å². The monoisotopic (exact) mass is 265 g/mol. The summed E-state index contributed by atoms with van der Waals surface area (Å²) >= 11 is 3.35. The van der Waals surface area contributed by atoms with Gasteiger partial charge < -0.3 is 5.73 Å². The lowest BCUT2D eigenvalue weighted by molar-refractivity contribution is 0.0999. The minimum Gasteiger partial charge on any atom is -0.366 e. The first-order valence-corrected chi connectivity index (χ1v) is 5.09. The number of amides is 1. The lowest BCUT2D eigenvalue weighted by Crippen LogP contribution is -2.13. The standard InChI is InChI=1S/C10H8BrN3O/c1-5-6(10(12)15)2-7-8(11)3-13-4-9(7)14-5/h2-4H,1H3,(H2,12,15). The van der Waals surface area contributed by atoms with Crippen LogP contribution in [0.25, 0.3) is 10.9 Å². The topological polar surface area (TPSA) is 68.9 Å². The maximum absolute atomic E-state index is 11.1. The van der Waals surface area contributed by atoms with Crippen molar-refractivity contribution < 1.29 is 4.79 Å². The van der Waals surface area contributed by atoms with Crippen LogP contribution in [0.3, 0.4) is 0 Å². The van der Waals surface area contributed by atoms with Gasteiger partial charge in [0.25, 0.3) is 5.91 Å². The van der Waals surface area contributed by atoms with Crippen molar-refractivity contribution in [3.8, 4) is 0 Å². The minimum atomic E-state index is -0.467. The van der Waals surface area contributed by atoms with Crippen LogP contribution in [0, 0.1) is 6.92 Å². The van der Waals surface area contributed by atoms with Crippen molar-refractivity contribution in [1.82, 2.24) is 9.97 Å². The molecule has 4 nitrogen and oxygen atoms in total. The van der Waals surface area contributed by atoms with Crippen LogP contribution in [0.4, 0.5) is 0 Å². The van der Waals surface area contributed by atoms with Crippen molar-refractivity contribution in [2.24, 2.45) is 5.73 Å². The summed E-state index contributed by atoms with van der Waals surface area (Å²) in [5.41, 5.74) is 7.05. The number of nitrogens with zero attached hydrogens (tertiary/aromatic N) is 2. The van der Waals surface area contributed by atoms with Crippen molar-refractivity contribution in [2.45, 2.75) is 6.92 Å². The summed E-state index contributed by atoms with van der Waals surface area (Å²) in [6, 6.07) is 1.73. The molecule has 0 aromatic carbocycles. The molecule has 0 radical (unpaired) electrons. The summed E-state index contributed by atoms with van der Waals surface area (Å²) in [4.78, 5) is 19.4. The van der Waals surface area contributed by atoms with Crippen LogP contribution in [0.1, 0.15) is 16.1 Å². The van der Waals surface area contributed by atoms with E-state index >= 15 is 0 Å². The Morgan fingerprint density at radius 1 is 1.47 bits per heavy atom. The normalized spacial score (nSPS) is 10.5. The molecular formula is C10H8BrN3O. The molecule has 0 aliphatic carbocycles. The van der Waals surface area contributed by atoms with E-state index in [1.54, 1.807) is 25.4 Å². The second kappa shape index (κ2) is 3.58. The second-order valence-electron chi connectivity index (χ2n) is 3.17. The fraction of sp³-hybridized carbons (Fsp3) is 0.100. The number of nitrogens with two attached hydrogens (primary N) is 1. The molecule has 15 heavy (non-hydrogen) atoms. The number of carbonyl (C=O) groups excluding carboxylic acids is 1. The third-order valence-electron chi connectivity index (χ3n) is 2.15. The number of pyridine rings is 2. The Hall–Kier alpha value is -1.49. The molecule has 2 aromatic heterocycles. The number of fused-ring (bicyclic) bond motifs is 1. The van der Waals surface area contributed by atoms with E-state index in [1.807, 2.05) is 0 Å². The zero-order valence-electron chi connectivity index (χ0n) is 7.99. The van der Waals surface area contributed by atoms with Gasteiger partial charge in [-0.05, 0) is 28.9 Å². The summed E-state index contributed by atoms with van der Waals surface area (Å²) in [6.45, 7) is 1.75. The number of primary amides is 1. The smallest absolute Gasteiger partial charge is 0.250 e. The Labute approximate surface area is 94.7 Å². The zero-order chi connectivity index (χ0) is 11.0. The SMILES string of the molecule is Cc1nc2cncc(Br)c2cc1C(N)=O. The average Bonchev–Trinajstić information content (AvgIpc) is 2.16. The Bertz CT molecular complexity index is 554. The molecule has 5 heteroatoms. The van der Waals surface area contributed by atoms with E-state index in [2.05, 4.69) is 25.9 Å². The van der Waals surface area contributed by atoms with Crippen LogP contribution in [-0.4, -0.2) is 15.9 Å². The van der Waals surface area contributed by atoms with Gasteiger partial charge in [-0.25, -0.2) is 0 Å². The van der Waals surface area contributed by atoms with Crippen LogP contribution in [0.15, 0.2) is 22.9 Å². The summed E-state index contributed by atoms with van der Waals surface area (Å²) < 4.78 is 0.801. The number of hydrogen-bond donors (Lipinski definition) is 1. The predicted molar refractivity (Wildman–Crippen MR) is 60.5 cm³/mol. The van der Waals surface area contributed by atoms with Gasteiger partial charge in [0.15, 0.2) is 0 Å². The fourth-order valence-electron chi connectivity index (χ4n) is 1.41. The molecule has 76 valence electrons. The van der Waals surface area contributed by atoms with E-state index in [1.165, 1.54) is 0 Å². The highest BCUT2D eigenvalue weighted by atomic mass is 79.9. The molecule has 2 rings (SSSR count). The highest BCUT2D eigenvalue weighted by Gasteiger charge is 2.09. The molecule has 1 amide bonds. The number of halogens is 1. The van der Waals surface area contributed by atoms with Gasteiger partial charge in [-0.1, -0.05) is 0 Å². The number of aryl methyl sites for hydroxylation is 1. The van der Waals surface area contributed by atoms with Crippen LogP contribution in [0.2, 0.25) is 0 Å². The number of hydrogen-bond acceptors (Lipinski definition) is 3. The Morgan fingerprint density at radius 3 is 2.87 bits per heavy atom. The molecule has 0 unspecified atom stereocenters. The van der Waals surface area contributed by atoms with E-state index in [-0.39, 0.29) is 0 Å². The molecule has 2 N–H and O–H groups in total. The molecule has 2 aromatic rings. The third-order valence-corrected chi connectivity index (χ3v) is 2.78. The number of aromatic nitrogens is 2. The molecule has 2 heterocycles. The summed E-state index contributed by atoms with van der Waals surface area (Å²) in [5.74, 6) is -0.467. The molecule has 0 spiro atoms. The minimum absolute atomic E-state index is 0.439. The summed E-state index contributed by atoms with van der Waals surface area (Å²) in [6.07, 6.45) is 3.31. The van der Waals surface area contributed by atoms with Crippen molar-refractivity contribution in [1.29, 1.82) is 0 Å². The van der Waals surface area contributed by atoms with Crippen LogP contribution in [-0.2, 0) is 0 Å². The third kappa shape index (κ3) is 1.70. The first-order chi connectivity index (χ1) is 7.09. The van der Waals surface area contributed by atoms with Crippen LogP contribution in [0.5, 0.6) is 0 Å². The highest BCUT2D eigenvalue weighted by molar-refractivity contribution is 9.10. The molecule has 0 atom stereocenters. The summed E-state index contributed by atoms with van der Waals surface area (Å²) in [5, 5.41) is 0.837. The maximum Gasteiger partial charge on any atom is 0.250 e. The van der Waals surface area contributed by atoms with E-state index in [4.69, 9.17) is 5.73 Å². The van der Waals surface area contributed by atoms with Crippen molar-refractivity contribution >= 4 is 32.7 Å². The lowest BCUT2D eigenvalue weighted by atomic mass is 10.1. The van der Waals surface area contributed by atoms with Gasteiger partial charge in [0.05, 0.1) is 23.0 Å². The number of rotatable bonds is 1. The van der Waals surface area contributed by atoms with Gasteiger partial charge in [0.2, 0.25) is 0 Å². The molecule has 0 saturated heterocycles. The van der Waals surface area contributed by atoms with Crippen molar-refractivity contribution in [3.63, 3.8) is 0 Å². The highest BCUT2D eigenvalue weighted by Crippen LogP contribution is 2.23. The first kappa shape index (κ1) is 10.0. The summed E-state index contributed by atoms with van der Waals surface area (Å²) in [7, 11) is 0. The first-order valence-electron chi connectivity index (χ1n) is 4.30. The largest absolute Gasteiger partial charge is 0.366 e. The van der Waals surface area contributed by atoms with Gasteiger partial charge in [-0.2, -0.15) is 0 Å². The van der Waals surface area contributed by atoms with Crippen molar-refractivity contribution in [3.05, 3.63) is 34.2 Å².